The van der Waals surface area contributed by atoms with E-state index in [2.05, 4.69) is 23.6 Å². The van der Waals surface area contributed by atoms with E-state index in [1.54, 1.807) is 4.90 Å². The van der Waals surface area contributed by atoms with Crippen molar-refractivity contribution >= 4 is 40.1 Å². The summed E-state index contributed by atoms with van der Waals surface area (Å²) in [5.41, 5.74) is 5.48. The Balaban J connectivity index is 1.27. The number of carbonyl (C=O) groups excluding carboxylic acids is 2. The van der Waals surface area contributed by atoms with Crippen LogP contribution in [0.5, 0.6) is 0 Å². The van der Waals surface area contributed by atoms with Crippen LogP contribution in [0.3, 0.4) is 0 Å². The highest BCUT2D eigenvalue weighted by Crippen LogP contribution is 2.29. The summed E-state index contributed by atoms with van der Waals surface area (Å²) in [6.45, 7) is 9.08. The zero-order valence-electron chi connectivity index (χ0n) is 21.5. The molecule has 0 radical (unpaired) electrons. The average Bonchev–Trinajstić information content (AvgIpc) is 2.92. The fourth-order valence-corrected chi connectivity index (χ4v) is 5.56. The predicted octanol–water partition coefficient (Wildman–Crippen LogP) is 4.47. The number of anilines is 1. The molecule has 37 heavy (non-hydrogen) atoms. The Morgan fingerprint density at radius 2 is 1.84 bits per heavy atom. The van der Waals surface area contributed by atoms with Crippen LogP contribution in [0.25, 0.3) is 10.9 Å². The Labute approximate surface area is 223 Å². The van der Waals surface area contributed by atoms with Gasteiger partial charge in [-0.15, -0.1) is 0 Å². The van der Waals surface area contributed by atoms with Crippen LogP contribution in [0, 0.1) is 6.92 Å². The minimum absolute atomic E-state index is 0.171. The molecule has 0 N–H and O–H groups in total. The SMILES string of the molecule is CCCN1CCc2nc3ccccc3c(C(=O)OCC(=O)N3CCN(c4cc(Cl)ccc4C)CC3)c2C1. The predicted molar refractivity (Wildman–Crippen MR) is 146 cm³/mol. The van der Waals surface area contributed by atoms with Crippen LogP contribution in [0.1, 0.15) is 40.5 Å². The lowest BCUT2D eigenvalue weighted by Gasteiger charge is -2.36. The number of ether oxygens (including phenoxy) is 1. The van der Waals surface area contributed by atoms with E-state index in [1.807, 2.05) is 42.5 Å². The van der Waals surface area contributed by atoms with Gasteiger partial charge in [0.05, 0.1) is 11.1 Å². The van der Waals surface area contributed by atoms with Gasteiger partial charge in [0.25, 0.3) is 5.91 Å². The van der Waals surface area contributed by atoms with E-state index in [0.29, 0.717) is 43.3 Å². The lowest BCUT2D eigenvalue weighted by molar-refractivity contribution is -0.134. The number of fused-ring (bicyclic) bond motifs is 2. The molecule has 0 saturated carbocycles. The van der Waals surface area contributed by atoms with Crippen LogP contribution < -0.4 is 4.90 Å². The number of aryl methyl sites for hydroxylation is 1. The molecule has 3 heterocycles. The van der Waals surface area contributed by atoms with E-state index < -0.39 is 5.97 Å². The van der Waals surface area contributed by atoms with Crippen LogP contribution >= 0.6 is 11.6 Å². The fourth-order valence-electron chi connectivity index (χ4n) is 5.40. The molecular formula is C29H33ClN4O3. The van der Waals surface area contributed by atoms with Gasteiger partial charge in [-0.3, -0.25) is 14.7 Å². The third kappa shape index (κ3) is 5.43. The van der Waals surface area contributed by atoms with Crippen molar-refractivity contribution in [3.8, 4) is 0 Å². The standard InChI is InChI=1S/C29H33ClN4O3/c1-3-11-32-12-10-25-23(18-32)28(22-6-4-5-7-24(22)31-25)29(36)37-19-27(35)34-15-13-33(14-16-34)26-17-21(30)9-8-20(26)2/h4-9,17H,3,10-16,18-19H2,1-2H3. The third-order valence-electron chi connectivity index (χ3n) is 7.34. The second-order valence-corrected chi connectivity index (χ2v) is 10.3. The van der Waals surface area contributed by atoms with Crippen molar-refractivity contribution in [3.05, 3.63) is 69.9 Å². The van der Waals surface area contributed by atoms with Gasteiger partial charge in [0.1, 0.15) is 0 Å². The first-order chi connectivity index (χ1) is 17.9. The van der Waals surface area contributed by atoms with Gasteiger partial charge in [-0.2, -0.15) is 0 Å². The second-order valence-electron chi connectivity index (χ2n) is 9.83. The van der Waals surface area contributed by atoms with Gasteiger partial charge in [-0.05, 0) is 43.7 Å². The number of hydrogen-bond acceptors (Lipinski definition) is 6. The monoisotopic (exact) mass is 520 g/mol. The zero-order valence-corrected chi connectivity index (χ0v) is 22.3. The van der Waals surface area contributed by atoms with Crippen molar-refractivity contribution in [2.45, 2.75) is 33.2 Å². The van der Waals surface area contributed by atoms with E-state index in [-0.39, 0.29) is 12.5 Å². The summed E-state index contributed by atoms with van der Waals surface area (Å²) in [7, 11) is 0. The maximum absolute atomic E-state index is 13.4. The van der Waals surface area contributed by atoms with Gasteiger partial charge in [-0.1, -0.05) is 42.8 Å². The summed E-state index contributed by atoms with van der Waals surface area (Å²) in [6.07, 6.45) is 1.85. The summed E-state index contributed by atoms with van der Waals surface area (Å²) in [4.78, 5) is 37.6. The second kappa shape index (κ2) is 11.1. The molecule has 2 aliphatic heterocycles. The van der Waals surface area contributed by atoms with Crippen molar-refractivity contribution in [1.29, 1.82) is 0 Å². The van der Waals surface area contributed by atoms with Gasteiger partial charge < -0.3 is 14.5 Å². The van der Waals surface area contributed by atoms with Crippen LogP contribution in [0.4, 0.5) is 5.69 Å². The smallest absolute Gasteiger partial charge is 0.339 e. The maximum atomic E-state index is 13.4. The van der Waals surface area contributed by atoms with Crippen molar-refractivity contribution in [2.75, 3.05) is 50.8 Å². The summed E-state index contributed by atoms with van der Waals surface area (Å²) in [5, 5.41) is 1.48. The molecule has 8 heteroatoms. The topological polar surface area (TPSA) is 66.0 Å². The minimum atomic E-state index is -0.449. The van der Waals surface area contributed by atoms with E-state index in [4.69, 9.17) is 21.3 Å². The number of piperazine rings is 1. The molecule has 1 fully saturated rings. The highest BCUT2D eigenvalue weighted by Gasteiger charge is 2.28. The van der Waals surface area contributed by atoms with E-state index in [9.17, 15) is 9.59 Å². The van der Waals surface area contributed by atoms with Crippen LogP contribution in [-0.2, 0) is 22.5 Å². The molecular weight excluding hydrogens is 488 g/mol. The number of halogens is 1. The van der Waals surface area contributed by atoms with E-state index in [1.165, 1.54) is 0 Å². The maximum Gasteiger partial charge on any atom is 0.339 e. The quantitative estimate of drug-likeness (QED) is 0.447. The van der Waals surface area contributed by atoms with Gasteiger partial charge >= 0.3 is 5.97 Å². The molecule has 7 nitrogen and oxygen atoms in total. The van der Waals surface area contributed by atoms with E-state index in [0.717, 1.165) is 59.3 Å². The first kappa shape index (κ1) is 25.5. The summed E-state index contributed by atoms with van der Waals surface area (Å²) in [5.74, 6) is -0.620. The Morgan fingerprint density at radius 1 is 1.05 bits per heavy atom. The molecule has 194 valence electrons. The highest BCUT2D eigenvalue weighted by atomic mass is 35.5. The largest absolute Gasteiger partial charge is 0.452 e. The Kier molecular flexibility index (Phi) is 7.63. The summed E-state index contributed by atoms with van der Waals surface area (Å²) >= 11 is 6.19. The molecule has 0 atom stereocenters. The number of hydrogen-bond donors (Lipinski definition) is 0. The number of rotatable bonds is 6. The van der Waals surface area contributed by atoms with Crippen LogP contribution in [-0.4, -0.2) is 72.5 Å². The molecule has 0 unspecified atom stereocenters. The van der Waals surface area contributed by atoms with Crippen molar-refractivity contribution in [3.63, 3.8) is 0 Å². The number of nitrogens with zero attached hydrogens (tertiary/aromatic N) is 4. The van der Waals surface area contributed by atoms with Crippen LogP contribution in [0.15, 0.2) is 42.5 Å². The summed E-state index contributed by atoms with van der Waals surface area (Å²) < 4.78 is 5.65. The zero-order chi connectivity index (χ0) is 25.9. The molecule has 5 rings (SSSR count). The number of para-hydroxylation sites is 1. The number of pyridine rings is 1. The molecule has 1 saturated heterocycles. The van der Waals surface area contributed by atoms with Gasteiger partial charge in [0.2, 0.25) is 0 Å². The first-order valence-corrected chi connectivity index (χ1v) is 13.4. The molecule has 0 spiro atoms. The van der Waals surface area contributed by atoms with Crippen molar-refractivity contribution < 1.29 is 14.3 Å². The fraction of sp³-hybridized carbons (Fsp3) is 0.414. The van der Waals surface area contributed by atoms with Gasteiger partial charge in [0.15, 0.2) is 6.61 Å². The lowest BCUT2D eigenvalue weighted by atomic mass is 9.95. The number of amides is 1. The van der Waals surface area contributed by atoms with E-state index >= 15 is 0 Å². The molecule has 2 aromatic carbocycles. The van der Waals surface area contributed by atoms with Crippen LogP contribution in [0.2, 0.25) is 5.02 Å². The number of benzene rings is 2. The third-order valence-corrected chi connectivity index (χ3v) is 7.58. The number of esters is 1. The minimum Gasteiger partial charge on any atom is -0.452 e. The highest BCUT2D eigenvalue weighted by molar-refractivity contribution is 6.30. The molecule has 0 bridgehead atoms. The van der Waals surface area contributed by atoms with Crippen molar-refractivity contribution in [1.82, 2.24) is 14.8 Å². The number of carbonyl (C=O) groups is 2. The Bertz CT molecular complexity index is 1320. The molecule has 2 aliphatic rings. The molecule has 1 amide bonds. The molecule has 3 aromatic rings. The lowest BCUT2D eigenvalue weighted by Crippen LogP contribution is -2.50. The van der Waals surface area contributed by atoms with Crippen molar-refractivity contribution in [2.24, 2.45) is 0 Å². The average molecular weight is 521 g/mol. The molecule has 0 aliphatic carbocycles. The Morgan fingerprint density at radius 3 is 2.62 bits per heavy atom. The van der Waals surface area contributed by atoms with Gasteiger partial charge in [0, 0.05) is 73.0 Å². The Hall–Kier alpha value is -3.16. The van der Waals surface area contributed by atoms with Gasteiger partial charge in [-0.25, -0.2) is 4.79 Å². The summed E-state index contributed by atoms with van der Waals surface area (Å²) in [6, 6.07) is 13.5. The first-order valence-electron chi connectivity index (χ1n) is 13.0. The normalized spacial score (nSPS) is 16.1. The molecule has 1 aromatic heterocycles. The number of aromatic nitrogens is 1.